The van der Waals surface area contributed by atoms with E-state index in [1.807, 2.05) is 30.3 Å². The minimum absolute atomic E-state index is 0.0467. The Morgan fingerprint density at radius 1 is 1.06 bits per heavy atom. The maximum Gasteiger partial charge on any atom is 0.324 e. The smallest absolute Gasteiger partial charge is 0.324 e. The molecule has 33 heavy (non-hydrogen) atoms. The third kappa shape index (κ3) is 5.32. The first-order valence-electron chi connectivity index (χ1n) is 10.3. The fraction of sp³-hybridized carbons (Fsp3) is 0.318. The molecule has 10 nitrogen and oxygen atoms in total. The summed E-state index contributed by atoms with van der Waals surface area (Å²) in [6.07, 6.45) is 0. The summed E-state index contributed by atoms with van der Waals surface area (Å²) >= 11 is 0. The molecule has 0 saturated carbocycles. The number of fused-ring (bicyclic) bond motifs is 1. The summed E-state index contributed by atoms with van der Waals surface area (Å²) in [7, 11) is -4.04. The van der Waals surface area contributed by atoms with Crippen LogP contribution in [0.5, 0.6) is 11.5 Å². The van der Waals surface area contributed by atoms with Gasteiger partial charge in [-0.25, -0.2) is 8.42 Å². The lowest BCUT2D eigenvalue weighted by Gasteiger charge is -2.22. The van der Waals surface area contributed by atoms with E-state index in [0.717, 1.165) is 5.56 Å². The largest absolute Gasteiger partial charge is 0.486 e. The molecule has 1 aliphatic rings. The summed E-state index contributed by atoms with van der Waals surface area (Å²) in [5.74, 6) is 0.0475. The summed E-state index contributed by atoms with van der Waals surface area (Å²) in [5.41, 5.74) is 0.731. The molecule has 11 heteroatoms. The third-order valence-corrected chi connectivity index (χ3v) is 6.29. The quantitative estimate of drug-likeness (QED) is 0.491. The van der Waals surface area contributed by atoms with Crippen molar-refractivity contribution in [3.8, 4) is 23.0 Å². The Morgan fingerprint density at radius 2 is 1.79 bits per heavy atom. The molecule has 1 atom stereocenters. The lowest BCUT2D eigenvalue weighted by Crippen LogP contribution is -2.45. The number of rotatable bonds is 8. The lowest BCUT2D eigenvalue weighted by atomic mass is 10.1. The Labute approximate surface area is 190 Å². The Morgan fingerprint density at radius 3 is 2.52 bits per heavy atom. The SMILES string of the molecule is CC(C)[C@H](NS(=O)(=O)c1ccc2c(c1)OCCO2)C(=O)OCc1nnc(-c2ccccc2)o1. The van der Waals surface area contributed by atoms with E-state index in [2.05, 4.69) is 14.9 Å². The summed E-state index contributed by atoms with van der Waals surface area (Å²) in [5, 5.41) is 7.81. The number of benzene rings is 2. The van der Waals surface area contributed by atoms with Crippen molar-refractivity contribution < 1.29 is 31.8 Å². The summed E-state index contributed by atoms with van der Waals surface area (Å²) in [6, 6.07) is 12.3. The van der Waals surface area contributed by atoms with E-state index in [0.29, 0.717) is 30.6 Å². The van der Waals surface area contributed by atoms with Gasteiger partial charge in [-0.15, -0.1) is 10.2 Å². The number of sulfonamides is 1. The first kappa shape index (κ1) is 22.7. The monoisotopic (exact) mass is 473 g/mol. The van der Waals surface area contributed by atoms with Gasteiger partial charge in [0.05, 0.1) is 4.90 Å². The molecule has 1 N–H and O–H groups in total. The predicted octanol–water partition coefficient (Wildman–Crippen LogP) is 2.55. The number of hydrogen-bond donors (Lipinski definition) is 1. The summed E-state index contributed by atoms with van der Waals surface area (Å²) < 4.78 is 49.9. The predicted molar refractivity (Wildman–Crippen MR) is 116 cm³/mol. The van der Waals surface area contributed by atoms with Gasteiger partial charge in [0.1, 0.15) is 19.3 Å². The van der Waals surface area contributed by atoms with Crippen LogP contribution in [0.2, 0.25) is 0 Å². The van der Waals surface area contributed by atoms with Crippen molar-refractivity contribution in [2.24, 2.45) is 5.92 Å². The number of ether oxygens (including phenoxy) is 3. The fourth-order valence-electron chi connectivity index (χ4n) is 3.11. The van der Waals surface area contributed by atoms with Crippen molar-refractivity contribution in [3.63, 3.8) is 0 Å². The van der Waals surface area contributed by atoms with E-state index >= 15 is 0 Å². The number of carbonyl (C=O) groups excluding carboxylic acids is 1. The van der Waals surface area contributed by atoms with Gasteiger partial charge in [-0.05, 0) is 30.2 Å². The highest BCUT2D eigenvalue weighted by Crippen LogP contribution is 2.32. The lowest BCUT2D eigenvalue weighted by molar-refractivity contribution is -0.148. The Bertz CT molecular complexity index is 1230. The number of aromatic nitrogens is 2. The maximum atomic E-state index is 12.9. The number of esters is 1. The number of carbonyl (C=O) groups is 1. The molecule has 0 fully saturated rings. The van der Waals surface area contributed by atoms with Crippen molar-refractivity contribution >= 4 is 16.0 Å². The highest BCUT2D eigenvalue weighted by molar-refractivity contribution is 7.89. The number of nitrogens with one attached hydrogen (secondary N) is 1. The molecule has 3 aromatic rings. The topological polar surface area (TPSA) is 130 Å². The first-order chi connectivity index (χ1) is 15.8. The molecule has 0 amide bonds. The normalized spacial score (nSPS) is 14.2. The minimum atomic E-state index is -4.04. The second kappa shape index (κ2) is 9.59. The Hall–Kier alpha value is -3.44. The van der Waals surface area contributed by atoms with E-state index in [4.69, 9.17) is 18.6 Å². The number of nitrogens with zero attached hydrogens (tertiary/aromatic N) is 2. The van der Waals surface area contributed by atoms with E-state index in [9.17, 15) is 13.2 Å². The average molecular weight is 474 g/mol. The maximum absolute atomic E-state index is 12.9. The van der Waals surface area contributed by atoms with Crippen molar-refractivity contribution in [1.82, 2.24) is 14.9 Å². The zero-order valence-corrected chi connectivity index (χ0v) is 18.9. The van der Waals surface area contributed by atoms with E-state index in [-0.39, 0.29) is 23.3 Å². The van der Waals surface area contributed by atoms with Gasteiger partial charge in [-0.1, -0.05) is 32.0 Å². The van der Waals surface area contributed by atoms with Gasteiger partial charge in [-0.2, -0.15) is 4.72 Å². The highest BCUT2D eigenvalue weighted by Gasteiger charge is 2.31. The number of hydrogen-bond acceptors (Lipinski definition) is 9. The molecular formula is C22H23N3O7S. The van der Waals surface area contributed by atoms with Crippen LogP contribution in [0.1, 0.15) is 19.7 Å². The van der Waals surface area contributed by atoms with Gasteiger partial charge in [-0.3, -0.25) is 4.79 Å². The molecule has 4 rings (SSSR count). The molecule has 0 unspecified atom stereocenters. The van der Waals surface area contributed by atoms with Gasteiger partial charge in [0.15, 0.2) is 18.1 Å². The Kier molecular flexibility index (Phi) is 6.61. The van der Waals surface area contributed by atoms with Crippen molar-refractivity contribution in [2.45, 2.75) is 31.4 Å². The van der Waals surface area contributed by atoms with E-state index < -0.39 is 22.0 Å². The molecule has 0 saturated heterocycles. The fourth-order valence-corrected chi connectivity index (χ4v) is 4.46. The van der Waals surface area contributed by atoms with Crippen molar-refractivity contribution in [3.05, 3.63) is 54.4 Å². The molecule has 1 aromatic heterocycles. The van der Waals surface area contributed by atoms with Crippen LogP contribution in [0.25, 0.3) is 11.5 Å². The zero-order valence-electron chi connectivity index (χ0n) is 18.1. The van der Waals surface area contributed by atoms with Crippen LogP contribution in [0.3, 0.4) is 0 Å². The standard InChI is InChI=1S/C22H23N3O7S/c1-14(2)20(25-33(27,28)16-8-9-17-18(12-16)30-11-10-29-17)22(26)31-13-19-23-24-21(32-19)15-6-4-3-5-7-15/h3-9,12,14,20,25H,10-11,13H2,1-2H3/t20-/m0/s1. The summed E-state index contributed by atoms with van der Waals surface area (Å²) in [6.45, 7) is 3.85. The summed E-state index contributed by atoms with van der Waals surface area (Å²) in [4.78, 5) is 12.6. The second-order valence-electron chi connectivity index (χ2n) is 7.62. The molecule has 0 radical (unpaired) electrons. The van der Waals surface area contributed by atoms with E-state index in [1.54, 1.807) is 13.8 Å². The van der Waals surface area contributed by atoms with Gasteiger partial charge < -0.3 is 18.6 Å². The molecule has 0 bridgehead atoms. The van der Waals surface area contributed by atoms with Gasteiger partial charge in [0.25, 0.3) is 5.89 Å². The van der Waals surface area contributed by atoms with Crippen molar-refractivity contribution in [2.75, 3.05) is 13.2 Å². The van der Waals surface area contributed by atoms with Gasteiger partial charge in [0.2, 0.25) is 15.9 Å². The molecular weight excluding hydrogens is 450 g/mol. The second-order valence-corrected chi connectivity index (χ2v) is 9.34. The minimum Gasteiger partial charge on any atom is -0.486 e. The molecule has 0 aliphatic carbocycles. The zero-order chi connectivity index (χ0) is 23.4. The Balaban J connectivity index is 1.43. The van der Waals surface area contributed by atoms with Crippen LogP contribution in [-0.2, 0) is 26.2 Å². The highest BCUT2D eigenvalue weighted by atomic mass is 32.2. The molecule has 2 aromatic carbocycles. The third-order valence-electron chi connectivity index (χ3n) is 4.85. The van der Waals surface area contributed by atoms with Crippen LogP contribution >= 0.6 is 0 Å². The molecule has 0 spiro atoms. The van der Waals surface area contributed by atoms with Gasteiger partial charge >= 0.3 is 5.97 Å². The van der Waals surface area contributed by atoms with Crippen LogP contribution in [0.4, 0.5) is 0 Å². The van der Waals surface area contributed by atoms with Crippen LogP contribution < -0.4 is 14.2 Å². The van der Waals surface area contributed by atoms with Crippen LogP contribution in [-0.4, -0.2) is 43.8 Å². The van der Waals surface area contributed by atoms with Gasteiger partial charge in [0, 0.05) is 11.6 Å². The van der Waals surface area contributed by atoms with E-state index in [1.165, 1.54) is 18.2 Å². The molecule has 174 valence electrons. The van der Waals surface area contributed by atoms with Crippen molar-refractivity contribution in [1.29, 1.82) is 0 Å². The molecule has 1 aliphatic heterocycles. The first-order valence-corrected chi connectivity index (χ1v) is 11.8. The van der Waals surface area contributed by atoms with Crippen LogP contribution in [0.15, 0.2) is 57.8 Å². The van der Waals surface area contributed by atoms with Crippen LogP contribution in [0, 0.1) is 5.92 Å². The molecule has 2 heterocycles. The average Bonchev–Trinajstić information content (AvgIpc) is 3.30.